The van der Waals surface area contributed by atoms with E-state index in [0.717, 1.165) is 11.0 Å². The highest BCUT2D eigenvalue weighted by molar-refractivity contribution is 9.11. The maximum Gasteiger partial charge on any atom is 0.112 e. The fourth-order valence-electron chi connectivity index (χ4n) is 2.37. The lowest BCUT2D eigenvalue weighted by molar-refractivity contribution is 0.782. The molecule has 2 heterocycles. The van der Waals surface area contributed by atoms with Crippen molar-refractivity contribution < 1.29 is 0 Å². The Hall–Kier alpha value is -1.55. The molecule has 0 aliphatic carbocycles. The molecule has 0 saturated carbocycles. The summed E-state index contributed by atoms with van der Waals surface area (Å²) in [7, 11) is 0. The lowest BCUT2D eigenvalue weighted by atomic mass is 10.1. The van der Waals surface area contributed by atoms with Gasteiger partial charge >= 0.3 is 0 Å². The number of hydrogen-bond donors (Lipinski definition) is 1. The second kappa shape index (κ2) is 4.61. The van der Waals surface area contributed by atoms with E-state index >= 15 is 0 Å². The van der Waals surface area contributed by atoms with E-state index in [4.69, 9.17) is 0 Å². The van der Waals surface area contributed by atoms with Crippen molar-refractivity contribution in [1.29, 1.82) is 0 Å². The predicted octanol–water partition coefficient (Wildman–Crippen LogP) is 3.57. The molecule has 1 aliphatic rings. The largest absolute Gasteiger partial charge is 0.352 e. The Morgan fingerprint density at radius 1 is 1.39 bits per heavy atom. The van der Waals surface area contributed by atoms with Gasteiger partial charge in [-0.05, 0) is 13.0 Å². The molecule has 1 aromatic carbocycles. The molecule has 0 saturated heterocycles. The van der Waals surface area contributed by atoms with Gasteiger partial charge in [-0.1, -0.05) is 34.1 Å². The number of nitrogens with zero attached hydrogens (tertiary/aromatic N) is 2. The second-order valence-electron chi connectivity index (χ2n) is 4.26. The van der Waals surface area contributed by atoms with Crippen molar-refractivity contribution in [3.05, 3.63) is 46.7 Å². The van der Waals surface area contributed by atoms with Crippen molar-refractivity contribution >= 4 is 33.2 Å². The third kappa shape index (κ3) is 1.77. The highest BCUT2D eigenvalue weighted by Crippen LogP contribution is 2.36. The van der Waals surface area contributed by atoms with Crippen molar-refractivity contribution in [2.75, 3.05) is 0 Å². The van der Waals surface area contributed by atoms with Crippen LogP contribution in [0.2, 0.25) is 0 Å². The molecule has 3 nitrogen and oxygen atoms in total. The quantitative estimate of drug-likeness (QED) is 0.903. The Morgan fingerprint density at radius 3 is 3.00 bits per heavy atom. The summed E-state index contributed by atoms with van der Waals surface area (Å²) < 4.78 is 3.33. The van der Waals surface area contributed by atoms with Crippen LogP contribution in [-0.2, 0) is 6.54 Å². The van der Waals surface area contributed by atoms with Gasteiger partial charge in [0.25, 0.3) is 0 Å². The Balaban J connectivity index is 2.20. The average molecular weight is 304 g/mol. The molecule has 0 radical (unpaired) electrons. The molecular formula is C14H14BrN3. The zero-order chi connectivity index (χ0) is 12.5. The number of fused-ring (bicyclic) bond motifs is 1. The fourth-order valence-corrected chi connectivity index (χ4v) is 2.87. The van der Waals surface area contributed by atoms with Crippen LogP contribution in [-0.4, -0.2) is 10.9 Å². The van der Waals surface area contributed by atoms with E-state index in [1.54, 1.807) is 6.34 Å². The molecule has 0 amide bonds. The van der Waals surface area contributed by atoms with Gasteiger partial charge in [-0.3, -0.25) is 4.99 Å². The van der Waals surface area contributed by atoms with Crippen LogP contribution in [0.5, 0.6) is 0 Å². The second-order valence-corrected chi connectivity index (χ2v) is 5.18. The number of para-hydroxylation sites is 1. The maximum absolute atomic E-state index is 4.51. The molecule has 4 heteroatoms. The van der Waals surface area contributed by atoms with E-state index in [0.29, 0.717) is 0 Å². The van der Waals surface area contributed by atoms with Gasteiger partial charge in [0.2, 0.25) is 0 Å². The van der Waals surface area contributed by atoms with Gasteiger partial charge < -0.3 is 9.88 Å². The highest BCUT2D eigenvalue weighted by atomic mass is 79.9. The van der Waals surface area contributed by atoms with Gasteiger partial charge in [0.15, 0.2) is 0 Å². The molecule has 1 aliphatic heterocycles. The summed E-state index contributed by atoms with van der Waals surface area (Å²) in [5, 5.41) is 4.27. The lowest BCUT2D eigenvalue weighted by Crippen LogP contribution is -2.11. The molecule has 3 rings (SSSR count). The number of aromatic nitrogens is 1. The lowest BCUT2D eigenvalue weighted by Gasteiger charge is -2.14. The van der Waals surface area contributed by atoms with Crippen LogP contribution in [0.1, 0.15) is 18.5 Å². The summed E-state index contributed by atoms with van der Waals surface area (Å²) in [4.78, 5) is 4.51. The number of halogens is 1. The van der Waals surface area contributed by atoms with E-state index in [1.165, 1.54) is 16.5 Å². The van der Waals surface area contributed by atoms with E-state index in [-0.39, 0.29) is 6.04 Å². The summed E-state index contributed by atoms with van der Waals surface area (Å²) in [6.45, 7) is 3.13. The Labute approximate surface area is 114 Å². The van der Waals surface area contributed by atoms with E-state index in [1.807, 2.05) is 6.20 Å². The number of aryl methyl sites for hydroxylation is 1. The number of rotatable bonds is 2. The molecule has 1 aromatic heterocycles. The number of hydrogen-bond acceptors (Lipinski definition) is 2. The summed E-state index contributed by atoms with van der Waals surface area (Å²) in [6.07, 6.45) is 5.89. The zero-order valence-corrected chi connectivity index (χ0v) is 11.7. The molecule has 0 bridgehead atoms. The predicted molar refractivity (Wildman–Crippen MR) is 79.0 cm³/mol. The standard InChI is InChI=1S/C14H14BrN3/c1-2-18-8-11(10-5-3-4-6-13(10)18)14-12(15)7-16-9-17-14/h3-9,14H,2H2,1H3,(H,16,17). The van der Waals surface area contributed by atoms with Crippen LogP contribution in [0.25, 0.3) is 10.9 Å². The molecule has 2 aromatic rings. The first-order valence-electron chi connectivity index (χ1n) is 6.02. The van der Waals surface area contributed by atoms with Gasteiger partial charge in [-0.2, -0.15) is 0 Å². The third-order valence-electron chi connectivity index (χ3n) is 3.24. The van der Waals surface area contributed by atoms with Crippen LogP contribution >= 0.6 is 15.9 Å². The van der Waals surface area contributed by atoms with E-state index in [9.17, 15) is 0 Å². The molecular weight excluding hydrogens is 290 g/mol. The van der Waals surface area contributed by atoms with Gasteiger partial charge in [-0.15, -0.1) is 0 Å². The van der Waals surface area contributed by atoms with Gasteiger partial charge in [0, 0.05) is 39.9 Å². The molecule has 92 valence electrons. The summed E-state index contributed by atoms with van der Waals surface area (Å²) >= 11 is 3.58. The van der Waals surface area contributed by atoms with Crippen molar-refractivity contribution in [2.45, 2.75) is 19.5 Å². The topological polar surface area (TPSA) is 29.3 Å². The van der Waals surface area contributed by atoms with Gasteiger partial charge in [0.05, 0.1) is 6.34 Å². The van der Waals surface area contributed by atoms with Crippen molar-refractivity contribution in [2.24, 2.45) is 4.99 Å². The number of aliphatic imine (C=N–C) groups is 1. The minimum absolute atomic E-state index is 0.0592. The molecule has 1 atom stereocenters. The summed E-state index contributed by atoms with van der Waals surface area (Å²) in [5.41, 5.74) is 2.51. The molecule has 1 unspecified atom stereocenters. The number of nitrogens with one attached hydrogen (secondary N) is 1. The maximum atomic E-state index is 4.51. The SMILES string of the molecule is CCn1cc(C2N=CNC=C2Br)c2ccccc21. The molecule has 0 spiro atoms. The van der Waals surface area contributed by atoms with E-state index in [2.05, 4.69) is 68.2 Å². The van der Waals surface area contributed by atoms with Crippen molar-refractivity contribution in [3.8, 4) is 0 Å². The van der Waals surface area contributed by atoms with Crippen LogP contribution in [0.15, 0.2) is 46.1 Å². The van der Waals surface area contributed by atoms with Gasteiger partial charge in [0.1, 0.15) is 6.04 Å². The van der Waals surface area contributed by atoms with Crippen LogP contribution in [0, 0.1) is 0 Å². The van der Waals surface area contributed by atoms with Crippen molar-refractivity contribution in [3.63, 3.8) is 0 Å². The van der Waals surface area contributed by atoms with Crippen molar-refractivity contribution in [1.82, 2.24) is 9.88 Å². The first-order valence-corrected chi connectivity index (χ1v) is 6.81. The summed E-state index contributed by atoms with van der Waals surface area (Å²) in [5.74, 6) is 0. The average Bonchev–Trinajstić information content (AvgIpc) is 2.78. The Bertz CT molecular complexity index is 640. The van der Waals surface area contributed by atoms with E-state index < -0.39 is 0 Å². The Morgan fingerprint density at radius 2 is 2.22 bits per heavy atom. The third-order valence-corrected chi connectivity index (χ3v) is 3.90. The van der Waals surface area contributed by atoms with Crippen LogP contribution < -0.4 is 5.32 Å². The monoisotopic (exact) mass is 303 g/mol. The van der Waals surface area contributed by atoms with Crippen LogP contribution in [0.3, 0.4) is 0 Å². The first kappa shape index (κ1) is 11.5. The minimum Gasteiger partial charge on any atom is -0.352 e. The highest BCUT2D eigenvalue weighted by Gasteiger charge is 2.20. The molecule has 0 fully saturated rings. The number of benzene rings is 1. The van der Waals surface area contributed by atoms with Gasteiger partial charge in [-0.25, -0.2) is 0 Å². The summed E-state index contributed by atoms with van der Waals surface area (Å²) in [6, 6.07) is 8.53. The fraction of sp³-hybridized carbons (Fsp3) is 0.214. The molecule has 1 N–H and O–H groups in total. The molecule has 18 heavy (non-hydrogen) atoms. The normalized spacial score (nSPS) is 18.8. The van der Waals surface area contributed by atoms with Crippen LogP contribution in [0.4, 0.5) is 0 Å². The zero-order valence-electron chi connectivity index (χ0n) is 10.1. The minimum atomic E-state index is 0.0592. The first-order chi connectivity index (χ1) is 8.81. The Kier molecular flexibility index (Phi) is 2.96. The smallest absolute Gasteiger partial charge is 0.112 e.